The summed E-state index contributed by atoms with van der Waals surface area (Å²) < 4.78 is 39.4. The first kappa shape index (κ1) is 29.5. The minimum absolute atomic E-state index is 0.00790. The van der Waals surface area contributed by atoms with Gasteiger partial charge in [0.15, 0.2) is 11.6 Å². The number of ketones is 2. The number of hydrogen-bond donors (Lipinski definition) is 1. The fraction of sp³-hybridized carbons (Fsp3) is 0.788. The first-order valence-corrected chi connectivity index (χ1v) is 15.0. The number of Topliss-reactive ketones (excluding diaryl/α,β-unsaturated/α-hetero) is 1. The van der Waals surface area contributed by atoms with Crippen LogP contribution < -0.4 is 5.32 Å². The predicted octanol–water partition coefficient (Wildman–Crippen LogP) is 7.85. The van der Waals surface area contributed by atoms with E-state index in [9.17, 15) is 22.8 Å². The quantitative estimate of drug-likeness (QED) is 0.359. The number of hydrogen-bond acceptors (Lipinski definition) is 3. The first-order valence-electron chi connectivity index (χ1n) is 15.0. The van der Waals surface area contributed by atoms with Crippen molar-refractivity contribution in [2.75, 3.05) is 6.54 Å². The van der Waals surface area contributed by atoms with Gasteiger partial charge in [0.2, 0.25) is 5.70 Å². The molecule has 40 heavy (non-hydrogen) atoms. The van der Waals surface area contributed by atoms with Crippen LogP contribution in [0, 0.1) is 51.4 Å². The third kappa shape index (κ3) is 4.02. The third-order valence-electron chi connectivity index (χ3n) is 12.7. The Morgan fingerprint density at radius 1 is 1.00 bits per heavy atom. The van der Waals surface area contributed by atoms with Crippen LogP contribution in [0.5, 0.6) is 0 Å². The van der Waals surface area contributed by atoms with Gasteiger partial charge in [-0.15, -0.1) is 0 Å². The summed E-state index contributed by atoms with van der Waals surface area (Å²) in [4.78, 5) is 31.3. The molecule has 0 heterocycles. The lowest BCUT2D eigenvalue weighted by molar-refractivity contribution is -0.164. The van der Waals surface area contributed by atoms with Gasteiger partial charge in [0.05, 0.1) is 13.0 Å². The lowest BCUT2D eigenvalue weighted by Crippen LogP contribution is -2.69. The van der Waals surface area contributed by atoms with Crippen LogP contribution in [0.3, 0.4) is 0 Å². The Morgan fingerprint density at radius 2 is 1.65 bits per heavy atom. The molecule has 2 unspecified atom stereocenters. The van der Waals surface area contributed by atoms with Gasteiger partial charge in [-0.2, -0.15) is 13.2 Å². The molecule has 3 saturated carbocycles. The van der Waals surface area contributed by atoms with E-state index in [-0.39, 0.29) is 57.8 Å². The Kier molecular flexibility index (Phi) is 6.49. The van der Waals surface area contributed by atoms with Gasteiger partial charge in [0.25, 0.3) is 0 Å². The van der Waals surface area contributed by atoms with Crippen molar-refractivity contribution in [1.29, 1.82) is 0 Å². The highest BCUT2D eigenvalue weighted by Crippen LogP contribution is 2.73. The molecule has 5 rings (SSSR count). The number of allylic oxidation sites excluding steroid dienone is 4. The molecule has 7 heteroatoms. The average Bonchev–Trinajstić information content (AvgIpc) is 2.82. The average molecular weight is 559 g/mol. The maximum Gasteiger partial charge on any atom is 0.390 e. The standard InChI is InChI=1S/C33H45F3N2O2/c1-27(2)11-13-32(38-16-15-33(34,35)36)14-12-31(7)25(20(32)18-27)22(39)17-24-29(5)19-21(37-8)26(40)28(3,4)23(29)9-10-30(24,31)6/h17,19-20,23,25,38H,9-16,18H2,1-7H3/t20?,23-,25?,29-,30+,31+,32-/m0/s1. The van der Waals surface area contributed by atoms with E-state index < -0.39 is 29.0 Å². The fourth-order valence-electron chi connectivity index (χ4n) is 10.4. The molecule has 0 radical (unpaired) electrons. The maximum absolute atomic E-state index is 14.4. The zero-order valence-corrected chi connectivity index (χ0v) is 25.1. The molecule has 3 fully saturated rings. The zero-order chi connectivity index (χ0) is 29.7. The van der Waals surface area contributed by atoms with Crippen molar-refractivity contribution in [2.24, 2.45) is 44.8 Å². The van der Waals surface area contributed by atoms with Crippen molar-refractivity contribution in [3.05, 3.63) is 34.8 Å². The van der Waals surface area contributed by atoms with Gasteiger partial charge in [-0.25, -0.2) is 4.85 Å². The first-order chi connectivity index (χ1) is 18.3. The molecule has 5 aliphatic carbocycles. The van der Waals surface area contributed by atoms with Crippen LogP contribution in [0.1, 0.15) is 99.8 Å². The summed E-state index contributed by atoms with van der Waals surface area (Å²) >= 11 is 0. The van der Waals surface area contributed by atoms with Gasteiger partial charge in [0, 0.05) is 28.8 Å². The minimum atomic E-state index is -4.22. The van der Waals surface area contributed by atoms with Crippen LogP contribution in [-0.4, -0.2) is 29.8 Å². The van der Waals surface area contributed by atoms with Crippen molar-refractivity contribution >= 4 is 11.6 Å². The highest BCUT2D eigenvalue weighted by Gasteiger charge is 2.69. The predicted molar refractivity (Wildman–Crippen MR) is 149 cm³/mol. The van der Waals surface area contributed by atoms with Crippen LogP contribution >= 0.6 is 0 Å². The van der Waals surface area contributed by atoms with Gasteiger partial charge in [-0.05, 0) is 79.1 Å². The summed E-state index contributed by atoms with van der Waals surface area (Å²) in [5.41, 5.74) is -1.23. The Balaban J connectivity index is 1.62. The van der Waals surface area contributed by atoms with Crippen molar-refractivity contribution in [1.82, 2.24) is 5.32 Å². The van der Waals surface area contributed by atoms with Gasteiger partial charge >= 0.3 is 6.18 Å². The minimum Gasteiger partial charge on any atom is -0.311 e. The number of alkyl halides is 3. The monoisotopic (exact) mass is 558 g/mol. The molecule has 0 spiro atoms. The molecule has 0 aromatic heterocycles. The molecule has 7 atom stereocenters. The lowest BCUT2D eigenvalue weighted by Gasteiger charge is -2.69. The number of halogens is 3. The van der Waals surface area contributed by atoms with E-state index in [1.807, 2.05) is 26.0 Å². The Labute approximate surface area is 237 Å². The Bertz CT molecular complexity index is 1240. The van der Waals surface area contributed by atoms with Crippen LogP contribution in [0.2, 0.25) is 0 Å². The smallest absolute Gasteiger partial charge is 0.311 e. The third-order valence-corrected chi connectivity index (χ3v) is 12.7. The maximum atomic E-state index is 14.4. The summed E-state index contributed by atoms with van der Waals surface area (Å²) in [6, 6.07) is 0. The molecular formula is C33H45F3N2O2. The van der Waals surface area contributed by atoms with Crippen molar-refractivity contribution < 1.29 is 22.8 Å². The molecule has 0 aromatic rings. The van der Waals surface area contributed by atoms with E-state index in [1.54, 1.807) is 0 Å². The molecule has 220 valence electrons. The van der Waals surface area contributed by atoms with Crippen LogP contribution in [0.4, 0.5) is 13.2 Å². The summed E-state index contributed by atoms with van der Waals surface area (Å²) in [6.07, 6.45) is 4.32. The molecule has 0 aromatic carbocycles. The van der Waals surface area contributed by atoms with Crippen LogP contribution in [0.25, 0.3) is 4.85 Å². The van der Waals surface area contributed by atoms with E-state index in [1.165, 1.54) is 0 Å². The number of rotatable bonds is 3. The number of fused-ring (bicyclic) bond motifs is 7. The molecular weight excluding hydrogens is 513 g/mol. The van der Waals surface area contributed by atoms with Gasteiger partial charge in [0.1, 0.15) is 0 Å². The largest absolute Gasteiger partial charge is 0.390 e. The number of nitrogens with zero attached hydrogens (tertiary/aromatic N) is 1. The van der Waals surface area contributed by atoms with E-state index >= 15 is 0 Å². The van der Waals surface area contributed by atoms with Crippen LogP contribution in [0.15, 0.2) is 23.4 Å². The molecule has 0 bridgehead atoms. The summed E-state index contributed by atoms with van der Waals surface area (Å²) in [5, 5.41) is 3.40. The molecule has 1 N–H and O–H groups in total. The molecule has 5 aliphatic rings. The summed E-state index contributed by atoms with van der Waals surface area (Å²) in [5.74, 6) is -0.373. The fourth-order valence-corrected chi connectivity index (χ4v) is 10.4. The van der Waals surface area contributed by atoms with Gasteiger partial charge in [-0.3, -0.25) is 4.79 Å². The highest BCUT2D eigenvalue weighted by molar-refractivity contribution is 6.03. The lowest BCUT2D eigenvalue weighted by atomic mass is 9.35. The second-order valence-corrected chi connectivity index (χ2v) is 15.7. The number of carbonyl (C=O) groups excluding carboxylic acids is 2. The molecule has 0 amide bonds. The molecule has 0 aliphatic heterocycles. The summed E-state index contributed by atoms with van der Waals surface area (Å²) in [6.45, 7) is 22.6. The zero-order valence-electron chi connectivity index (χ0n) is 25.1. The van der Waals surface area contributed by atoms with Gasteiger partial charge < -0.3 is 10.1 Å². The number of nitrogens with one attached hydrogen (secondary N) is 1. The van der Waals surface area contributed by atoms with Crippen molar-refractivity contribution in [2.45, 2.75) is 112 Å². The molecule has 4 nitrogen and oxygen atoms in total. The van der Waals surface area contributed by atoms with Crippen LogP contribution in [-0.2, 0) is 9.59 Å². The van der Waals surface area contributed by atoms with E-state index in [0.29, 0.717) is 0 Å². The summed E-state index contributed by atoms with van der Waals surface area (Å²) in [7, 11) is 0. The SMILES string of the molecule is [C-]#[N+]C1=C[C@]2(C)C3=CC(=O)C4C5CC(C)(C)CC[C@]5(NCCC(F)(F)F)CC[C@@]4(C)[C@]3(C)CC[C@H]2C(C)(C)C1=O. The van der Waals surface area contributed by atoms with Crippen molar-refractivity contribution in [3.8, 4) is 0 Å². The van der Waals surface area contributed by atoms with E-state index in [0.717, 1.165) is 50.5 Å². The molecule has 0 saturated heterocycles. The second kappa shape index (κ2) is 8.79. The topological polar surface area (TPSA) is 50.5 Å². The van der Waals surface area contributed by atoms with Gasteiger partial charge in [-0.1, -0.05) is 60.1 Å². The second-order valence-electron chi connectivity index (χ2n) is 15.7. The van der Waals surface area contributed by atoms with E-state index in [2.05, 4.69) is 44.8 Å². The Morgan fingerprint density at radius 3 is 2.27 bits per heavy atom. The van der Waals surface area contributed by atoms with E-state index in [4.69, 9.17) is 6.57 Å². The number of carbonyl (C=O) groups is 2. The van der Waals surface area contributed by atoms with Crippen molar-refractivity contribution in [3.63, 3.8) is 0 Å². The normalized spacial score (nSPS) is 43.8. The Hall–Kier alpha value is -1.94. The highest BCUT2D eigenvalue weighted by atomic mass is 19.4.